The van der Waals surface area contributed by atoms with Crippen LogP contribution in [0, 0.1) is 0 Å². The summed E-state index contributed by atoms with van der Waals surface area (Å²) in [6.07, 6.45) is 1.11. The summed E-state index contributed by atoms with van der Waals surface area (Å²) in [6.45, 7) is 0. The van der Waals surface area contributed by atoms with E-state index in [1.165, 1.54) is 36.4 Å². The van der Waals surface area contributed by atoms with Crippen LogP contribution in [0.25, 0.3) is 0 Å². The maximum absolute atomic E-state index is 12.7. The van der Waals surface area contributed by atoms with Crippen molar-refractivity contribution in [1.82, 2.24) is 0 Å². The van der Waals surface area contributed by atoms with Gasteiger partial charge in [0.05, 0.1) is 4.90 Å². The molecule has 0 fully saturated rings. The van der Waals surface area contributed by atoms with Crippen LogP contribution in [0.5, 0.6) is 11.5 Å². The molecule has 3 rings (SSSR count). The highest BCUT2D eigenvalue weighted by molar-refractivity contribution is 7.92. The number of hydrogen-bond donors (Lipinski definition) is 1. The molecule has 3 aromatic carbocycles. The smallest absolute Gasteiger partial charge is 0.265 e. The Kier molecular flexibility index (Phi) is 5.20. The van der Waals surface area contributed by atoms with E-state index in [2.05, 4.69) is 4.72 Å². The molecule has 1 N–H and O–H groups in total. The van der Waals surface area contributed by atoms with E-state index in [1.54, 1.807) is 42.5 Å². The Balaban J connectivity index is 1.90. The molecule has 0 saturated heterocycles. The van der Waals surface area contributed by atoms with Crippen molar-refractivity contribution in [2.45, 2.75) is 9.79 Å². The molecule has 0 bridgehead atoms. The van der Waals surface area contributed by atoms with E-state index in [1.807, 2.05) is 0 Å². The maximum atomic E-state index is 12.7. The number of nitrogens with one attached hydrogen (secondary N) is 1. The number of sulfonamides is 1. The van der Waals surface area contributed by atoms with Crippen LogP contribution in [0.15, 0.2) is 88.7 Å². The summed E-state index contributed by atoms with van der Waals surface area (Å²) in [5, 5.41) is 0. The van der Waals surface area contributed by atoms with Crippen molar-refractivity contribution in [2.75, 3.05) is 11.0 Å². The number of hydrogen-bond acceptors (Lipinski definition) is 5. The van der Waals surface area contributed by atoms with E-state index >= 15 is 0 Å². The molecular weight excluding hydrogens is 386 g/mol. The summed E-state index contributed by atoms with van der Waals surface area (Å²) in [5.74, 6) is 0.456. The molecule has 0 amide bonds. The van der Waals surface area contributed by atoms with Gasteiger partial charge in [-0.15, -0.1) is 0 Å². The number of anilines is 1. The minimum atomic E-state index is -3.87. The lowest BCUT2D eigenvalue weighted by Crippen LogP contribution is -2.13. The third kappa shape index (κ3) is 4.66. The molecule has 0 heterocycles. The van der Waals surface area contributed by atoms with Crippen LogP contribution < -0.4 is 9.46 Å². The molecule has 0 radical (unpaired) electrons. The monoisotopic (exact) mass is 403 g/mol. The van der Waals surface area contributed by atoms with Gasteiger partial charge in [0.2, 0.25) is 0 Å². The van der Waals surface area contributed by atoms with Crippen LogP contribution in [-0.4, -0.2) is 23.1 Å². The Labute approximate surface area is 158 Å². The number of sulfone groups is 1. The van der Waals surface area contributed by atoms with Gasteiger partial charge >= 0.3 is 0 Å². The van der Waals surface area contributed by atoms with E-state index in [0.717, 1.165) is 6.26 Å². The summed E-state index contributed by atoms with van der Waals surface area (Å²) in [4.78, 5) is 0.127. The second kappa shape index (κ2) is 7.42. The first-order valence-corrected chi connectivity index (χ1v) is 11.3. The molecule has 0 aliphatic carbocycles. The molecule has 8 heteroatoms. The topological polar surface area (TPSA) is 89.5 Å². The molecule has 6 nitrogen and oxygen atoms in total. The lowest BCUT2D eigenvalue weighted by molar-refractivity contribution is 0.467. The van der Waals surface area contributed by atoms with E-state index in [-0.39, 0.29) is 15.5 Å². The number of ether oxygens (including phenoxy) is 1. The average Bonchev–Trinajstić information content (AvgIpc) is 2.62. The van der Waals surface area contributed by atoms with Crippen molar-refractivity contribution < 1.29 is 21.6 Å². The van der Waals surface area contributed by atoms with Crippen molar-refractivity contribution in [2.24, 2.45) is 0 Å². The van der Waals surface area contributed by atoms with Crippen molar-refractivity contribution in [1.29, 1.82) is 0 Å². The van der Waals surface area contributed by atoms with Crippen molar-refractivity contribution in [3.05, 3.63) is 78.9 Å². The van der Waals surface area contributed by atoms with Crippen molar-refractivity contribution in [3.63, 3.8) is 0 Å². The first-order valence-electron chi connectivity index (χ1n) is 7.90. The van der Waals surface area contributed by atoms with Crippen LogP contribution in [0.3, 0.4) is 0 Å². The fourth-order valence-electron chi connectivity index (χ4n) is 2.35. The second-order valence-corrected chi connectivity index (χ2v) is 9.43. The summed E-state index contributed by atoms with van der Waals surface area (Å²) in [6, 6.07) is 20.5. The largest absolute Gasteiger partial charge is 0.456 e. The van der Waals surface area contributed by atoms with Gasteiger partial charge in [0, 0.05) is 11.9 Å². The van der Waals surface area contributed by atoms with Gasteiger partial charge in [0.25, 0.3) is 10.0 Å². The SMILES string of the molecule is CS(=O)(=O)c1ccc(Oc2ccccc2S(=O)(=O)Nc2ccccc2)cc1. The maximum Gasteiger partial charge on any atom is 0.265 e. The molecular formula is C19H17NO5S2. The third-order valence-corrected chi connectivity index (χ3v) is 6.19. The van der Waals surface area contributed by atoms with Gasteiger partial charge in [-0.1, -0.05) is 30.3 Å². The normalized spacial score (nSPS) is 11.7. The van der Waals surface area contributed by atoms with Crippen LogP contribution in [0.1, 0.15) is 0 Å². The minimum Gasteiger partial charge on any atom is -0.456 e. The first kappa shape index (κ1) is 18.9. The highest BCUT2D eigenvalue weighted by Crippen LogP contribution is 2.30. The molecule has 0 aliphatic rings. The zero-order valence-corrected chi connectivity index (χ0v) is 16.0. The molecule has 0 saturated carbocycles. The molecule has 27 heavy (non-hydrogen) atoms. The second-order valence-electron chi connectivity index (χ2n) is 5.76. The van der Waals surface area contributed by atoms with E-state index in [0.29, 0.717) is 11.4 Å². The van der Waals surface area contributed by atoms with Gasteiger partial charge in [-0.3, -0.25) is 4.72 Å². The van der Waals surface area contributed by atoms with Gasteiger partial charge in [0.15, 0.2) is 9.84 Å². The Bertz CT molecular complexity index is 1140. The molecule has 140 valence electrons. The fraction of sp³-hybridized carbons (Fsp3) is 0.0526. The van der Waals surface area contributed by atoms with Gasteiger partial charge in [-0.05, 0) is 48.5 Å². The quantitative estimate of drug-likeness (QED) is 0.678. The van der Waals surface area contributed by atoms with E-state index in [4.69, 9.17) is 4.74 Å². The Morgan fingerprint density at radius 2 is 1.33 bits per heavy atom. The van der Waals surface area contributed by atoms with Gasteiger partial charge in [-0.2, -0.15) is 0 Å². The standard InChI is InChI=1S/C19H17NO5S2/c1-26(21,22)17-13-11-16(12-14-17)25-18-9-5-6-10-19(18)27(23,24)20-15-7-3-2-4-8-15/h2-14,20H,1H3. The fourth-order valence-corrected chi connectivity index (χ4v) is 4.17. The zero-order chi connectivity index (χ0) is 19.5. The third-order valence-electron chi connectivity index (χ3n) is 3.64. The van der Waals surface area contributed by atoms with Crippen LogP contribution in [0.4, 0.5) is 5.69 Å². The molecule has 0 aromatic heterocycles. The summed E-state index contributed by atoms with van der Waals surface area (Å²) < 4.78 is 56.7. The lowest BCUT2D eigenvalue weighted by atomic mass is 10.3. The predicted molar refractivity (Wildman–Crippen MR) is 103 cm³/mol. The Hall–Kier alpha value is -2.84. The first-order chi connectivity index (χ1) is 12.8. The minimum absolute atomic E-state index is 0.0268. The van der Waals surface area contributed by atoms with E-state index in [9.17, 15) is 16.8 Å². The summed E-state index contributed by atoms with van der Waals surface area (Å²) in [5.41, 5.74) is 0.435. The number of para-hydroxylation sites is 2. The summed E-state index contributed by atoms with van der Waals surface area (Å²) in [7, 11) is -7.19. The molecule has 0 atom stereocenters. The number of benzene rings is 3. The van der Waals surface area contributed by atoms with Crippen molar-refractivity contribution >= 4 is 25.5 Å². The molecule has 0 aliphatic heterocycles. The van der Waals surface area contributed by atoms with Crippen LogP contribution in [0.2, 0.25) is 0 Å². The van der Waals surface area contributed by atoms with Crippen LogP contribution in [-0.2, 0) is 19.9 Å². The van der Waals surface area contributed by atoms with E-state index < -0.39 is 19.9 Å². The van der Waals surface area contributed by atoms with Crippen molar-refractivity contribution in [3.8, 4) is 11.5 Å². The predicted octanol–water partition coefficient (Wildman–Crippen LogP) is 3.68. The highest BCUT2D eigenvalue weighted by Gasteiger charge is 2.20. The molecule has 0 unspecified atom stereocenters. The molecule has 0 spiro atoms. The van der Waals surface area contributed by atoms with Gasteiger partial charge in [-0.25, -0.2) is 16.8 Å². The lowest BCUT2D eigenvalue weighted by Gasteiger charge is -2.13. The zero-order valence-electron chi connectivity index (χ0n) is 14.4. The Morgan fingerprint density at radius 1 is 0.741 bits per heavy atom. The average molecular weight is 403 g/mol. The Morgan fingerprint density at radius 3 is 1.96 bits per heavy atom. The molecule has 3 aromatic rings. The summed E-state index contributed by atoms with van der Waals surface area (Å²) >= 11 is 0. The number of rotatable bonds is 6. The van der Waals surface area contributed by atoms with Crippen LogP contribution >= 0.6 is 0 Å². The van der Waals surface area contributed by atoms with Gasteiger partial charge in [0.1, 0.15) is 16.4 Å². The van der Waals surface area contributed by atoms with Gasteiger partial charge < -0.3 is 4.74 Å². The highest BCUT2D eigenvalue weighted by atomic mass is 32.2.